The van der Waals surface area contributed by atoms with Crippen molar-refractivity contribution in [3.05, 3.63) is 65.2 Å². The van der Waals surface area contributed by atoms with Gasteiger partial charge in [-0.25, -0.2) is 4.79 Å². The molecule has 2 aromatic carbocycles. The fourth-order valence-corrected chi connectivity index (χ4v) is 1.94. The van der Waals surface area contributed by atoms with E-state index in [9.17, 15) is 14.4 Å². The summed E-state index contributed by atoms with van der Waals surface area (Å²) < 4.78 is 10.1. The smallest absolute Gasteiger partial charge is 0.338 e. The summed E-state index contributed by atoms with van der Waals surface area (Å²) >= 11 is 0. The molecule has 0 radical (unpaired) electrons. The molecule has 0 spiro atoms. The number of benzene rings is 2. The minimum atomic E-state index is -0.663. The number of hydrogen-bond acceptors (Lipinski definition) is 5. The van der Waals surface area contributed by atoms with Crippen molar-refractivity contribution >= 4 is 17.7 Å². The number of methoxy groups -OCH3 is 1. The Morgan fingerprint density at radius 1 is 0.957 bits per heavy atom. The van der Waals surface area contributed by atoms with Crippen LogP contribution in [0.2, 0.25) is 0 Å². The standard InChI is InChI=1S/C17H15NO5/c1-22-15-5-3-2-4-13(15)14(19)10-23-17(21)12-8-6-11(7-9-12)16(18)20/h2-9H,10H2,1H3,(H2,18,20). The predicted octanol–water partition coefficient (Wildman–Crippen LogP) is 1.83. The first-order chi connectivity index (χ1) is 11.0. The largest absolute Gasteiger partial charge is 0.496 e. The van der Waals surface area contributed by atoms with E-state index < -0.39 is 18.5 Å². The third-order valence-corrected chi connectivity index (χ3v) is 3.15. The fraction of sp³-hybridized carbons (Fsp3) is 0.118. The van der Waals surface area contributed by atoms with Gasteiger partial charge in [0.2, 0.25) is 11.7 Å². The van der Waals surface area contributed by atoms with Crippen LogP contribution < -0.4 is 10.5 Å². The average molecular weight is 313 g/mol. The molecule has 118 valence electrons. The summed E-state index contributed by atoms with van der Waals surface area (Å²) in [6.07, 6.45) is 0. The van der Waals surface area contributed by atoms with Gasteiger partial charge >= 0.3 is 5.97 Å². The van der Waals surface area contributed by atoms with Crippen LogP contribution in [-0.2, 0) is 4.74 Å². The van der Waals surface area contributed by atoms with Crippen LogP contribution in [0.4, 0.5) is 0 Å². The zero-order valence-electron chi connectivity index (χ0n) is 12.4. The van der Waals surface area contributed by atoms with Gasteiger partial charge in [0.25, 0.3) is 0 Å². The van der Waals surface area contributed by atoms with Crippen molar-refractivity contribution in [3.63, 3.8) is 0 Å². The lowest BCUT2D eigenvalue weighted by Gasteiger charge is -2.08. The van der Waals surface area contributed by atoms with Crippen LogP contribution in [0.15, 0.2) is 48.5 Å². The summed E-state index contributed by atoms with van der Waals surface area (Å²) in [6.45, 7) is -0.406. The molecular formula is C17H15NO5. The number of carbonyl (C=O) groups excluding carboxylic acids is 3. The Hall–Kier alpha value is -3.15. The van der Waals surface area contributed by atoms with Crippen molar-refractivity contribution in [2.45, 2.75) is 0 Å². The second-order valence-electron chi connectivity index (χ2n) is 4.64. The molecule has 0 aliphatic rings. The summed E-state index contributed by atoms with van der Waals surface area (Å²) in [6, 6.07) is 12.3. The van der Waals surface area contributed by atoms with E-state index >= 15 is 0 Å². The summed E-state index contributed by atoms with van der Waals surface area (Å²) in [5, 5.41) is 0. The Morgan fingerprint density at radius 3 is 2.17 bits per heavy atom. The van der Waals surface area contributed by atoms with Crippen molar-refractivity contribution in [1.29, 1.82) is 0 Å². The van der Waals surface area contributed by atoms with E-state index in [-0.39, 0.29) is 16.9 Å². The van der Waals surface area contributed by atoms with Crippen LogP contribution in [0.3, 0.4) is 0 Å². The molecular weight excluding hydrogens is 298 g/mol. The Bertz CT molecular complexity index is 737. The highest BCUT2D eigenvalue weighted by atomic mass is 16.5. The molecule has 0 bridgehead atoms. The SMILES string of the molecule is COc1ccccc1C(=O)COC(=O)c1ccc(C(N)=O)cc1. The lowest BCUT2D eigenvalue weighted by Crippen LogP contribution is -2.15. The topological polar surface area (TPSA) is 95.7 Å². The minimum Gasteiger partial charge on any atom is -0.496 e. The fourth-order valence-electron chi connectivity index (χ4n) is 1.94. The van der Waals surface area contributed by atoms with Gasteiger partial charge in [-0.3, -0.25) is 9.59 Å². The number of rotatable bonds is 6. The molecule has 6 nitrogen and oxygen atoms in total. The normalized spacial score (nSPS) is 9.96. The molecule has 2 aromatic rings. The van der Waals surface area contributed by atoms with Crippen LogP contribution in [0.5, 0.6) is 5.75 Å². The molecule has 2 rings (SSSR count). The van der Waals surface area contributed by atoms with E-state index in [1.165, 1.54) is 31.4 Å². The second kappa shape index (κ2) is 7.22. The monoisotopic (exact) mass is 313 g/mol. The maximum atomic E-state index is 12.1. The number of amides is 1. The third-order valence-electron chi connectivity index (χ3n) is 3.15. The van der Waals surface area contributed by atoms with E-state index in [1.54, 1.807) is 24.3 Å². The Labute approximate surface area is 132 Å². The predicted molar refractivity (Wildman–Crippen MR) is 82.6 cm³/mol. The summed E-state index contributed by atoms with van der Waals surface area (Å²) in [7, 11) is 1.46. The van der Waals surface area contributed by atoms with Gasteiger partial charge in [0.15, 0.2) is 6.61 Å². The average Bonchev–Trinajstić information content (AvgIpc) is 2.59. The van der Waals surface area contributed by atoms with E-state index in [0.717, 1.165) is 0 Å². The van der Waals surface area contributed by atoms with Gasteiger partial charge in [-0.1, -0.05) is 12.1 Å². The Balaban J connectivity index is 2.01. The van der Waals surface area contributed by atoms with E-state index in [0.29, 0.717) is 11.3 Å². The Kier molecular flexibility index (Phi) is 5.09. The summed E-state index contributed by atoms with van der Waals surface area (Å²) in [4.78, 5) is 34.9. The van der Waals surface area contributed by atoms with Crippen molar-refractivity contribution in [2.75, 3.05) is 13.7 Å². The van der Waals surface area contributed by atoms with Crippen molar-refractivity contribution in [1.82, 2.24) is 0 Å². The van der Waals surface area contributed by atoms with E-state index in [1.807, 2.05) is 0 Å². The van der Waals surface area contributed by atoms with Gasteiger partial charge in [-0.2, -0.15) is 0 Å². The number of esters is 1. The van der Waals surface area contributed by atoms with Crippen molar-refractivity contribution < 1.29 is 23.9 Å². The number of ether oxygens (including phenoxy) is 2. The van der Waals surface area contributed by atoms with Crippen LogP contribution >= 0.6 is 0 Å². The number of nitrogens with two attached hydrogens (primary N) is 1. The first kappa shape index (κ1) is 16.2. The summed E-state index contributed by atoms with van der Waals surface area (Å²) in [5.41, 5.74) is 5.97. The molecule has 0 aliphatic carbocycles. The van der Waals surface area contributed by atoms with Crippen molar-refractivity contribution in [3.8, 4) is 5.75 Å². The Morgan fingerprint density at radius 2 is 1.57 bits per heavy atom. The molecule has 0 aliphatic heterocycles. The number of Topliss-reactive ketones (excluding diaryl/α,β-unsaturated/α-hetero) is 1. The molecule has 6 heteroatoms. The van der Waals surface area contributed by atoms with E-state index in [2.05, 4.69) is 0 Å². The van der Waals surface area contributed by atoms with Gasteiger partial charge < -0.3 is 15.2 Å². The zero-order valence-corrected chi connectivity index (χ0v) is 12.4. The lowest BCUT2D eigenvalue weighted by atomic mass is 10.1. The highest BCUT2D eigenvalue weighted by molar-refractivity contribution is 6.01. The van der Waals surface area contributed by atoms with Gasteiger partial charge in [0, 0.05) is 5.56 Å². The second-order valence-corrected chi connectivity index (χ2v) is 4.64. The van der Waals surface area contributed by atoms with Crippen LogP contribution in [0.1, 0.15) is 31.1 Å². The quantitative estimate of drug-likeness (QED) is 0.648. The first-order valence-electron chi connectivity index (χ1n) is 6.76. The highest BCUT2D eigenvalue weighted by Gasteiger charge is 2.15. The van der Waals surface area contributed by atoms with Gasteiger partial charge in [0.1, 0.15) is 5.75 Å². The third kappa shape index (κ3) is 3.94. The molecule has 1 amide bonds. The van der Waals surface area contributed by atoms with Crippen molar-refractivity contribution in [2.24, 2.45) is 5.73 Å². The molecule has 0 aromatic heterocycles. The summed E-state index contributed by atoms with van der Waals surface area (Å²) in [5.74, 6) is -1.20. The van der Waals surface area contributed by atoms with Gasteiger partial charge in [-0.05, 0) is 36.4 Å². The molecule has 2 N–H and O–H groups in total. The number of para-hydroxylation sites is 1. The van der Waals surface area contributed by atoms with Gasteiger partial charge in [-0.15, -0.1) is 0 Å². The number of carbonyl (C=O) groups is 3. The number of primary amides is 1. The van der Waals surface area contributed by atoms with Crippen LogP contribution in [0, 0.1) is 0 Å². The van der Waals surface area contributed by atoms with E-state index in [4.69, 9.17) is 15.2 Å². The molecule has 0 unspecified atom stereocenters. The van der Waals surface area contributed by atoms with Gasteiger partial charge in [0.05, 0.1) is 18.2 Å². The molecule has 23 heavy (non-hydrogen) atoms. The minimum absolute atomic E-state index is 0.225. The maximum Gasteiger partial charge on any atom is 0.338 e. The van der Waals surface area contributed by atoms with Crippen LogP contribution in [-0.4, -0.2) is 31.4 Å². The molecule has 0 atom stereocenters. The number of ketones is 1. The first-order valence-corrected chi connectivity index (χ1v) is 6.76. The molecule has 0 saturated carbocycles. The molecule has 0 heterocycles. The highest BCUT2D eigenvalue weighted by Crippen LogP contribution is 2.18. The number of hydrogen-bond donors (Lipinski definition) is 1. The lowest BCUT2D eigenvalue weighted by molar-refractivity contribution is 0.0474. The maximum absolute atomic E-state index is 12.1. The molecule has 0 saturated heterocycles. The zero-order chi connectivity index (χ0) is 16.8. The molecule has 0 fully saturated rings. The van der Waals surface area contributed by atoms with Crippen LogP contribution in [0.25, 0.3) is 0 Å².